The topological polar surface area (TPSA) is 78.9 Å². The number of halogens is 2. The van der Waals surface area contributed by atoms with E-state index in [0.29, 0.717) is 0 Å². The van der Waals surface area contributed by atoms with Gasteiger partial charge in [0.15, 0.2) is 17.4 Å². The maximum atomic E-state index is 14.1. The third-order valence-corrected chi connectivity index (χ3v) is 2.94. The zero-order valence-corrected chi connectivity index (χ0v) is 11.7. The second-order valence-electron chi connectivity index (χ2n) is 4.37. The number of anilines is 1. The summed E-state index contributed by atoms with van der Waals surface area (Å²) in [5, 5.41) is 11.2. The van der Waals surface area contributed by atoms with Gasteiger partial charge in [0, 0.05) is 6.08 Å². The van der Waals surface area contributed by atoms with Crippen LogP contribution in [0.1, 0.15) is 6.92 Å². The Labute approximate surface area is 125 Å². The minimum atomic E-state index is -0.997. The van der Waals surface area contributed by atoms with Crippen LogP contribution in [0.15, 0.2) is 23.9 Å². The Balaban J connectivity index is 2.25. The Morgan fingerprint density at radius 2 is 2.05 bits per heavy atom. The second kappa shape index (κ2) is 6.52. The predicted molar refractivity (Wildman–Crippen MR) is 73.0 cm³/mol. The summed E-state index contributed by atoms with van der Waals surface area (Å²) in [4.78, 5) is 24.3. The molecule has 2 amide bonds. The highest BCUT2D eigenvalue weighted by Crippen LogP contribution is 2.29. The van der Waals surface area contributed by atoms with Gasteiger partial charge in [0.1, 0.15) is 5.70 Å². The first-order valence-corrected chi connectivity index (χ1v) is 6.55. The fraction of sp³-hybridized carbons (Fsp3) is 0.286. The van der Waals surface area contributed by atoms with E-state index < -0.39 is 29.2 Å². The molecule has 0 fully saturated rings. The van der Waals surface area contributed by atoms with Crippen LogP contribution in [0.5, 0.6) is 5.75 Å². The first-order valence-electron chi connectivity index (χ1n) is 6.55. The molecule has 6 nitrogen and oxygen atoms in total. The Kier molecular flexibility index (Phi) is 4.71. The van der Waals surface area contributed by atoms with E-state index in [4.69, 9.17) is 9.84 Å². The number of benzene rings is 1. The van der Waals surface area contributed by atoms with Gasteiger partial charge in [-0.25, -0.2) is 8.78 Å². The van der Waals surface area contributed by atoms with Gasteiger partial charge in [-0.15, -0.1) is 0 Å². The number of ether oxygens (including phenoxy) is 1. The van der Waals surface area contributed by atoms with E-state index in [1.165, 1.54) is 0 Å². The number of carbonyl (C=O) groups is 2. The number of amides is 2. The SMILES string of the molecule is CCOc1c(F)ccc(NC2=CC(=O)N(CCO)C2=O)c1F. The molecule has 2 N–H and O–H groups in total. The molecule has 0 saturated carbocycles. The van der Waals surface area contributed by atoms with E-state index in [1.54, 1.807) is 6.92 Å². The number of β-amino-alcohol motifs (C(OH)–C–C–N with tert-alkyl or cyclic N) is 1. The number of hydrogen-bond acceptors (Lipinski definition) is 5. The Morgan fingerprint density at radius 1 is 1.32 bits per heavy atom. The van der Waals surface area contributed by atoms with Crippen LogP contribution in [0, 0.1) is 11.6 Å². The number of nitrogens with one attached hydrogen (secondary N) is 1. The Morgan fingerprint density at radius 3 is 2.68 bits per heavy atom. The van der Waals surface area contributed by atoms with Crippen molar-refractivity contribution in [1.82, 2.24) is 4.90 Å². The normalized spacial score (nSPS) is 14.4. The van der Waals surface area contributed by atoms with Gasteiger partial charge < -0.3 is 15.2 Å². The summed E-state index contributed by atoms with van der Waals surface area (Å²) in [5.74, 6) is -3.73. The zero-order valence-electron chi connectivity index (χ0n) is 11.7. The summed E-state index contributed by atoms with van der Waals surface area (Å²) in [6, 6.07) is 2.09. The molecular formula is C14H14F2N2O4. The number of carbonyl (C=O) groups excluding carboxylic acids is 2. The van der Waals surface area contributed by atoms with Crippen LogP contribution in [-0.2, 0) is 9.59 Å². The van der Waals surface area contributed by atoms with Crippen molar-refractivity contribution in [2.45, 2.75) is 6.92 Å². The van der Waals surface area contributed by atoms with Crippen molar-refractivity contribution in [2.75, 3.05) is 25.1 Å². The number of imide groups is 1. The van der Waals surface area contributed by atoms with Crippen LogP contribution in [0.2, 0.25) is 0 Å². The fourth-order valence-electron chi connectivity index (χ4n) is 1.96. The summed E-state index contributed by atoms with van der Waals surface area (Å²) in [6.45, 7) is 1.11. The minimum absolute atomic E-state index is 0.0711. The van der Waals surface area contributed by atoms with E-state index in [1.807, 2.05) is 0 Å². The Bertz CT molecular complexity index is 646. The molecule has 118 valence electrons. The molecule has 0 radical (unpaired) electrons. The third kappa shape index (κ3) is 2.91. The average Bonchev–Trinajstić information content (AvgIpc) is 2.74. The molecule has 2 rings (SSSR count). The molecule has 0 unspecified atom stereocenters. The average molecular weight is 312 g/mol. The van der Waals surface area contributed by atoms with Crippen LogP contribution in [0.25, 0.3) is 0 Å². The lowest BCUT2D eigenvalue weighted by Crippen LogP contribution is -2.34. The molecule has 1 aliphatic heterocycles. The van der Waals surface area contributed by atoms with E-state index in [0.717, 1.165) is 23.1 Å². The first-order chi connectivity index (χ1) is 10.5. The van der Waals surface area contributed by atoms with Crippen LogP contribution in [0.4, 0.5) is 14.5 Å². The highest BCUT2D eigenvalue weighted by atomic mass is 19.1. The van der Waals surface area contributed by atoms with Gasteiger partial charge in [-0.05, 0) is 19.1 Å². The molecule has 1 aromatic carbocycles. The van der Waals surface area contributed by atoms with Gasteiger partial charge in [0.05, 0.1) is 25.4 Å². The molecule has 0 atom stereocenters. The maximum Gasteiger partial charge on any atom is 0.277 e. The standard InChI is InChI=1S/C14H14F2N2O4/c1-2-22-13-8(15)3-4-9(12(13)16)17-10-7-11(20)18(5-6-19)14(10)21/h3-4,7,17,19H,2,5-6H2,1H3. The number of rotatable bonds is 6. The van der Waals surface area contributed by atoms with Gasteiger partial charge >= 0.3 is 0 Å². The van der Waals surface area contributed by atoms with E-state index in [2.05, 4.69) is 5.32 Å². The molecule has 0 aliphatic carbocycles. The largest absolute Gasteiger partial charge is 0.488 e. The van der Waals surface area contributed by atoms with Gasteiger partial charge in [0.25, 0.3) is 11.8 Å². The highest BCUT2D eigenvalue weighted by molar-refractivity contribution is 6.17. The van der Waals surface area contributed by atoms with Crippen molar-refractivity contribution >= 4 is 17.5 Å². The molecule has 22 heavy (non-hydrogen) atoms. The lowest BCUT2D eigenvalue weighted by molar-refractivity contribution is -0.137. The molecule has 1 aliphatic rings. The summed E-state index contributed by atoms with van der Waals surface area (Å²) >= 11 is 0. The van der Waals surface area contributed by atoms with Gasteiger partial charge in [-0.2, -0.15) is 0 Å². The van der Waals surface area contributed by atoms with Crippen LogP contribution >= 0.6 is 0 Å². The number of nitrogens with zero attached hydrogens (tertiary/aromatic N) is 1. The molecular weight excluding hydrogens is 298 g/mol. The van der Waals surface area contributed by atoms with Crippen molar-refractivity contribution in [1.29, 1.82) is 0 Å². The van der Waals surface area contributed by atoms with Crippen molar-refractivity contribution < 1.29 is 28.2 Å². The van der Waals surface area contributed by atoms with E-state index >= 15 is 0 Å². The van der Waals surface area contributed by atoms with Crippen molar-refractivity contribution in [3.63, 3.8) is 0 Å². The molecule has 1 heterocycles. The monoisotopic (exact) mass is 312 g/mol. The van der Waals surface area contributed by atoms with Gasteiger partial charge in [-0.3, -0.25) is 14.5 Å². The van der Waals surface area contributed by atoms with Crippen LogP contribution in [0.3, 0.4) is 0 Å². The lowest BCUT2D eigenvalue weighted by Gasteiger charge is -2.14. The molecule has 0 saturated heterocycles. The van der Waals surface area contributed by atoms with E-state index in [9.17, 15) is 18.4 Å². The quantitative estimate of drug-likeness (QED) is 0.767. The fourth-order valence-corrected chi connectivity index (χ4v) is 1.96. The zero-order chi connectivity index (χ0) is 16.3. The molecule has 0 spiro atoms. The van der Waals surface area contributed by atoms with Crippen molar-refractivity contribution in [3.05, 3.63) is 35.5 Å². The lowest BCUT2D eigenvalue weighted by atomic mass is 10.2. The second-order valence-corrected chi connectivity index (χ2v) is 4.37. The van der Waals surface area contributed by atoms with Crippen LogP contribution in [-0.4, -0.2) is 41.6 Å². The van der Waals surface area contributed by atoms with Gasteiger partial charge in [0.2, 0.25) is 0 Å². The van der Waals surface area contributed by atoms with Crippen LogP contribution < -0.4 is 10.1 Å². The van der Waals surface area contributed by atoms with Gasteiger partial charge in [-0.1, -0.05) is 0 Å². The minimum Gasteiger partial charge on any atom is -0.488 e. The number of aliphatic hydroxyl groups is 1. The predicted octanol–water partition coefficient (Wildman–Crippen LogP) is 1.02. The summed E-state index contributed by atoms with van der Waals surface area (Å²) in [6.07, 6.45) is 0.987. The Hall–Kier alpha value is -2.48. The molecule has 8 heteroatoms. The number of hydrogen-bond donors (Lipinski definition) is 2. The number of aliphatic hydroxyl groups excluding tert-OH is 1. The summed E-state index contributed by atoms with van der Waals surface area (Å²) in [5.41, 5.74) is -0.352. The van der Waals surface area contributed by atoms with E-state index in [-0.39, 0.29) is 31.1 Å². The molecule has 0 bridgehead atoms. The molecule has 0 aromatic heterocycles. The summed E-state index contributed by atoms with van der Waals surface area (Å²) in [7, 11) is 0. The van der Waals surface area contributed by atoms with Crippen molar-refractivity contribution in [3.8, 4) is 5.75 Å². The third-order valence-electron chi connectivity index (χ3n) is 2.94. The first kappa shape index (κ1) is 15.9. The maximum absolute atomic E-state index is 14.1. The summed E-state index contributed by atoms with van der Waals surface area (Å²) < 4.78 is 32.5. The smallest absolute Gasteiger partial charge is 0.277 e. The highest BCUT2D eigenvalue weighted by Gasteiger charge is 2.31. The molecule has 1 aromatic rings. The van der Waals surface area contributed by atoms with Crippen molar-refractivity contribution in [2.24, 2.45) is 0 Å².